The summed E-state index contributed by atoms with van der Waals surface area (Å²) in [6.07, 6.45) is 1.30. The number of furan rings is 1. The van der Waals surface area contributed by atoms with Crippen molar-refractivity contribution in [1.82, 2.24) is 0 Å². The summed E-state index contributed by atoms with van der Waals surface area (Å²) in [6.45, 7) is 1.89. The van der Waals surface area contributed by atoms with Gasteiger partial charge in [0, 0.05) is 23.4 Å². The first kappa shape index (κ1) is 21.3. The average Bonchev–Trinajstić information content (AvgIpc) is 3.16. The SMILES string of the molecule is Cc1cccc(NC(=O)/C(C#N)=C\c2ccc(-c3cc(Cl)c(Br)c([N+](=O)[O-])c3)o2)c1. The number of hydrogen-bond acceptors (Lipinski definition) is 5. The number of nitriles is 1. The number of halogens is 2. The van der Waals surface area contributed by atoms with Crippen molar-refractivity contribution in [3.63, 3.8) is 0 Å². The topological polar surface area (TPSA) is 109 Å². The van der Waals surface area contributed by atoms with Gasteiger partial charge in [-0.3, -0.25) is 14.9 Å². The molecule has 0 aliphatic carbocycles. The quantitative estimate of drug-likeness (QED) is 0.202. The Morgan fingerprint density at radius 2 is 2.07 bits per heavy atom. The van der Waals surface area contributed by atoms with Crippen LogP contribution in [0.2, 0.25) is 5.02 Å². The summed E-state index contributed by atoms with van der Waals surface area (Å²) in [7, 11) is 0. The molecule has 2 aromatic carbocycles. The molecule has 0 saturated heterocycles. The average molecular weight is 487 g/mol. The molecule has 0 bridgehead atoms. The van der Waals surface area contributed by atoms with Crippen LogP contribution in [0.3, 0.4) is 0 Å². The number of amides is 1. The molecule has 150 valence electrons. The van der Waals surface area contributed by atoms with E-state index >= 15 is 0 Å². The van der Waals surface area contributed by atoms with Crippen molar-refractivity contribution >= 4 is 50.9 Å². The van der Waals surface area contributed by atoms with Crippen LogP contribution in [0.25, 0.3) is 17.4 Å². The summed E-state index contributed by atoms with van der Waals surface area (Å²) in [5.74, 6) is -0.0406. The van der Waals surface area contributed by atoms with E-state index in [0.29, 0.717) is 17.0 Å². The first-order valence-electron chi connectivity index (χ1n) is 8.52. The molecule has 1 amide bonds. The lowest BCUT2D eigenvalue weighted by Gasteiger charge is -2.04. The molecule has 1 aromatic heterocycles. The lowest BCUT2D eigenvalue weighted by Crippen LogP contribution is -2.13. The molecule has 0 atom stereocenters. The Hall–Kier alpha value is -3.41. The van der Waals surface area contributed by atoms with E-state index < -0.39 is 10.8 Å². The molecule has 1 N–H and O–H groups in total. The zero-order valence-corrected chi connectivity index (χ0v) is 17.8. The van der Waals surface area contributed by atoms with Crippen LogP contribution < -0.4 is 5.32 Å². The third-order valence-electron chi connectivity index (χ3n) is 4.04. The third-order valence-corrected chi connectivity index (χ3v) is 5.40. The van der Waals surface area contributed by atoms with Gasteiger partial charge in [-0.05, 0) is 58.7 Å². The number of hydrogen-bond donors (Lipinski definition) is 1. The fraction of sp³-hybridized carbons (Fsp3) is 0.0476. The van der Waals surface area contributed by atoms with E-state index in [1.807, 2.05) is 19.1 Å². The van der Waals surface area contributed by atoms with E-state index in [0.717, 1.165) is 5.56 Å². The number of benzene rings is 2. The summed E-state index contributed by atoms with van der Waals surface area (Å²) in [5.41, 5.74) is 1.56. The highest BCUT2D eigenvalue weighted by molar-refractivity contribution is 9.10. The second-order valence-electron chi connectivity index (χ2n) is 6.24. The fourth-order valence-corrected chi connectivity index (χ4v) is 3.24. The predicted octanol–water partition coefficient (Wildman–Crippen LogP) is 6.12. The predicted molar refractivity (Wildman–Crippen MR) is 117 cm³/mol. The molecule has 3 rings (SSSR count). The Labute approximate surface area is 184 Å². The molecule has 0 aliphatic rings. The minimum absolute atomic E-state index is 0.155. The molecule has 9 heteroatoms. The van der Waals surface area contributed by atoms with Crippen LogP contribution in [0.5, 0.6) is 0 Å². The lowest BCUT2D eigenvalue weighted by atomic mass is 10.1. The number of carbonyl (C=O) groups excluding carboxylic acids is 1. The molecular formula is C21H13BrClN3O4. The smallest absolute Gasteiger partial charge is 0.285 e. The van der Waals surface area contributed by atoms with E-state index in [9.17, 15) is 20.2 Å². The molecule has 30 heavy (non-hydrogen) atoms. The normalized spacial score (nSPS) is 11.1. The van der Waals surface area contributed by atoms with E-state index in [1.54, 1.807) is 30.3 Å². The number of nitro benzene ring substituents is 1. The number of rotatable bonds is 5. The number of nitro groups is 1. The summed E-state index contributed by atoms with van der Waals surface area (Å²) in [5, 5.41) is 23.4. The van der Waals surface area contributed by atoms with Crippen molar-refractivity contribution in [2.45, 2.75) is 6.92 Å². The zero-order valence-electron chi connectivity index (χ0n) is 15.5. The Bertz CT molecular complexity index is 1230. The molecule has 0 radical (unpaired) electrons. The van der Waals surface area contributed by atoms with Gasteiger partial charge in [0.1, 0.15) is 27.6 Å². The largest absolute Gasteiger partial charge is 0.457 e. The molecule has 0 unspecified atom stereocenters. The summed E-state index contributed by atoms with van der Waals surface area (Å²) in [4.78, 5) is 23.0. The van der Waals surface area contributed by atoms with Crippen LogP contribution in [0.1, 0.15) is 11.3 Å². The highest BCUT2D eigenvalue weighted by atomic mass is 79.9. The first-order valence-corrected chi connectivity index (χ1v) is 9.69. The van der Waals surface area contributed by atoms with Crippen LogP contribution >= 0.6 is 27.5 Å². The van der Waals surface area contributed by atoms with Gasteiger partial charge in [0.2, 0.25) is 0 Å². The lowest BCUT2D eigenvalue weighted by molar-refractivity contribution is -0.385. The summed E-state index contributed by atoms with van der Waals surface area (Å²) in [6, 6.07) is 15.0. The van der Waals surface area contributed by atoms with Gasteiger partial charge in [-0.15, -0.1) is 0 Å². The molecule has 0 fully saturated rings. The molecule has 0 saturated carbocycles. The van der Waals surface area contributed by atoms with Gasteiger partial charge in [0.25, 0.3) is 11.6 Å². The van der Waals surface area contributed by atoms with E-state index in [-0.39, 0.29) is 26.5 Å². The second kappa shape index (κ2) is 8.95. The Morgan fingerprint density at radius 3 is 2.73 bits per heavy atom. The maximum atomic E-state index is 12.4. The monoisotopic (exact) mass is 485 g/mol. The van der Waals surface area contributed by atoms with E-state index in [2.05, 4.69) is 21.2 Å². The van der Waals surface area contributed by atoms with Crippen molar-refractivity contribution in [3.05, 3.63) is 85.0 Å². The van der Waals surface area contributed by atoms with E-state index in [1.165, 1.54) is 18.2 Å². The van der Waals surface area contributed by atoms with Crippen LogP contribution in [0, 0.1) is 28.4 Å². The van der Waals surface area contributed by atoms with Gasteiger partial charge >= 0.3 is 0 Å². The molecule has 0 spiro atoms. The van der Waals surface area contributed by atoms with Gasteiger partial charge in [0.05, 0.1) is 9.95 Å². The van der Waals surface area contributed by atoms with Gasteiger partial charge in [-0.1, -0.05) is 23.7 Å². The Kier molecular flexibility index (Phi) is 6.35. The Balaban J connectivity index is 1.88. The number of aryl methyl sites for hydroxylation is 1. The zero-order chi connectivity index (χ0) is 21.8. The van der Waals surface area contributed by atoms with Crippen LogP contribution in [0.15, 0.2) is 63.0 Å². The number of nitrogens with one attached hydrogen (secondary N) is 1. The highest BCUT2D eigenvalue weighted by Gasteiger charge is 2.19. The highest BCUT2D eigenvalue weighted by Crippen LogP contribution is 2.37. The molecule has 3 aromatic rings. The molecule has 0 aliphatic heterocycles. The van der Waals surface area contributed by atoms with Crippen molar-refractivity contribution < 1.29 is 14.1 Å². The maximum Gasteiger partial charge on any atom is 0.285 e. The second-order valence-corrected chi connectivity index (χ2v) is 7.44. The summed E-state index contributed by atoms with van der Waals surface area (Å²) < 4.78 is 5.82. The van der Waals surface area contributed by atoms with Gasteiger partial charge in [0.15, 0.2) is 0 Å². The van der Waals surface area contributed by atoms with Crippen LogP contribution in [-0.2, 0) is 4.79 Å². The van der Waals surface area contributed by atoms with Crippen molar-refractivity contribution in [3.8, 4) is 17.4 Å². The standard InChI is InChI=1S/C21H13BrClN3O4/c1-12-3-2-4-15(7-12)25-21(27)14(11-24)8-16-5-6-19(30-16)13-9-17(23)20(22)18(10-13)26(28)29/h2-10H,1H3,(H,25,27)/b14-8-. The van der Waals surface area contributed by atoms with E-state index in [4.69, 9.17) is 16.0 Å². The van der Waals surface area contributed by atoms with Gasteiger partial charge in [-0.25, -0.2) is 0 Å². The summed E-state index contributed by atoms with van der Waals surface area (Å²) >= 11 is 9.14. The van der Waals surface area contributed by atoms with Gasteiger partial charge in [-0.2, -0.15) is 5.26 Å². The number of nitrogens with zero attached hydrogens (tertiary/aromatic N) is 2. The maximum absolute atomic E-state index is 12.4. The van der Waals surface area contributed by atoms with Crippen LogP contribution in [-0.4, -0.2) is 10.8 Å². The third kappa shape index (κ3) is 4.76. The number of carbonyl (C=O) groups is 1. The fourth-order valence-electron chi connectivity index (χ4n) is 2.65. The van der Waals surface area contributed by atoms with Crippen molar-refractivity contribution in [2.24, 2.45) is 0 Å². The molecule has 7 nitrogen and oxygen atoms in total. The minimum atomic E-state index is -0.580. The Morgan fingerprint density at radius 1 is 1.30 bits per heavy atom. The van der Waals surface area contributed by atoms with Gasteiger partial charge < -0.3 is 9.73 Å². The minimum Gasteiger partial charge on any atom is -0.457 e. The van der Waals surface area contributed by atoms with Crippen molar-refractivity contribution in [1.29, 1.82) is 5.26 Å². The molecule has 1 heterocycles. The first-order chi connectivity index (χ1) is 14.3. The van der Waals surface area contributed by atoms with Crippen molar-refractivity contribution in [2.75, 3.05) is 5.32 Å². The molecular weight excluding hydrogens is 474 g/mol. The van der Waals surface area contributed by atoms with Crippen LogP contribution in [0.4, 0.5) is 11.4 Å². The number of anilines is 1.